The Balaban J connectivity index is 1.50. The maximum atomic E-state index is 12.4. The van der Waals surface area contributed by atoms with E-state index in [0.29, 0.717) is 37.9 Å². The molecule has 190 valence electrons. The van der Waals surface area contributed by atoms with Gasteiger partial charge in [-0.3, -0.25) is 19.7 Å². The average molecular weight is 476 g/mol. The molecule has 0 spiro atoms. The summed E-state index contributed by atoms with van der Waals surface area (Å²) >= 11 is 0. The summed E-state index contributed by atoms with van der Waals surface area (Å²) in [7, 11) is 0. The van der Waals surface area contributed by atoms with E-state index in [4.69, 9.17) is 9.47 Å². The molecule has 0 saturated heterocycles. The first-order valence-electron chi connectivity index (χ1n) is 13.1. The van der Waals surface area contributed by atoms with Crippen molar-refractivity contribution < 1.29 is 24.0 Å². The number of nitro benzene ring substituents is 1. The van der Waals surface area contributed by atoms with Crippen LogP contribution in [0.4, 0.5) is 5.69 Å². The highest BCUT2D eigenvalue weighted by atomic mass is 16.6. The minimum atomic E-state index is -0.495. The Morgan fingerprint density at radius 3 is 1.91 bits per heavy atom. The molecule has 0 aliphatic heterocycles. The van der Waals surface area contributed by atoms with Gasteiger partial charge in [0.2, 0.25) is 0 Å². The summed E-state index contributed by atoms with van der Waals surface area (Å²) in [6, 6.07) is 5.49. The van der Waals surface area contributed by atoms with Crippen molar-refractivity contribution in [3.8, 4) is 5.75 Å². The fourth-order valence-electron chi connectivity index (χ4n) is 4.43. The standard InChI is InChI=1S/C27H41NO6/c1-2-3-4-5-6-7-8-9-10-11-12-13-26(29)33-24-18-14-22(15-19-24)27(30)34-25-20-16-23(17-21-25)28(31)32/h16-17,20-22,24H,2-15,18-19H2,1H3/t22-,24-. The zero-order chi connectivity index (χ0) is 24.6. The highest BCUT2D eigenvalue weighted by molar-refractivity contribution is 5.75. The molecule has 0 atom stereocenters. The van der Waals surface area contributed by atoms with Crippen LogP contribution < -0.4 is 4.74 Å². The molecular formula is C27H41NO6. The van der Waals surface area contributed by atoms with Crippen molar-refractivity contribution in [2.24, 2.45) is 5.92 Å². The lowest BCUT2D eigenvalue weighted by Crippen LogP contribution is -2.30. The summed E-state index contributed by atoms with van der Waals surface area (Å²) in [5.74, 6) is -0.402. The summed E-state index contributed by atoms with van der Waals surface area (Å²) in [6.45, 7) is 2.24. The van der Waals surface area contributed by atoms with E-state index in [-0.39, 0.29) is 29.6 Å². The maximum absolute atomic E-state index is 12.4. The summed E-state index contributed by atoms with van der Waals surface area (Å²) < 4.78 is 11.0. The second-order valence-electron chi connectivity index (χ2n) is 9.42. The average Bonchev–Trinajstić information content (AvgIpc) is 2.83. The molecule has 0 N–H and O–H groups in total. The first kappa shape index (κ1) is 27.8. The van der Waals surface area contributed by atoms with Gasteiger partial charge in [0.05, 0.1) is 10.8 Å². The number of rotatable bonds is 16. The van der Waals surface area contributed by atoms with Crippen LogP contribution >= 0.6 is 0 Å². The van der Waals surface area contributed by atoms with Gasteiger partial charge in [-0.25, -0.2) is 0 Å². The van der Waals surface area contributed by atoms with Gasteiger partial charge in [0.1, 0.15) is 11.9 Å². The predicted octanol–water partition coefficient (Wildman–Crippen LogP) is 7.30. The molecule has 34 heavy (non-hydrogen) atoms. The normalized spacial score (nSPS) is 17.8. The molecule has 1 aromatic rings. The number of esters is 2. The molecule has 2 rings (SSSR count). The number of hydrogen-bond donors (Lipinski definition) is 0. The van der Waals surface area contributed by atoms with E-state index in [2.05, 4.69) is 6.92 Å². The van der Waals surface area contributed by atoms with Gasteiger partial charge in [-0.2, -0.15) is 0 Å². The SMILES string of the molecule is CCCCCCCCCCCCCC(=O)O[C@H]1CC[C@H](C(=O)Oc2ccc([N+](=O)[O-])cc2)CC1. The summed E-state index contributed by atoms with van der Waals surface area (Å²) in [5, 5.41) is 10.7. The Bertz CT molecular complexity index is 740. The molecular weight excluding hydrogens is 434 g/mol. The summed E-state index contributed by atoms with van der Waals surface area (Å²) in [5.41, 5.74) is -0.0460. The molecule has 0 radical (unpaired) electrons. The minimum Gasteiger partial charge on any atom is -0.462 e. The summed E-state index contributed by atoms with van der Waals surface area (Å²) in [6.07, 6.45) is 16.6. The third kappa shape index (κ3) is 11.1. The lowest BCUT2D eigenvalue weighted by atomic mass is 9.87. The van der Waals surface area contributed by atoms with Crippen LogP contribution in [-0.2, 0) is 14.3 Å². The van der Waals surface area contributed by atoms with E-state index in [1.54, 1.807) is 0 Å². The molecule has 0 bridgehead atoms. The molecule has 1 fully saturated rings. The number of hydrogen-bond acceptors (Lipinski definition) is 6. The number of nitrogens with zero attached hydrogens (tertiary/aromatic N) is 1. The Morgan fingerprint density at radius 2 is 1.38 bits per heavy atom. The van der Waals surface area contributed by atoms with Crippen molar-refractivity contribution in [2.75, 3.05) is 0 Å². The molecule has 0 amide bonds. The monoisotopic (exact) mass is 475 g/mol. The topological polar surface area (TPSA) is 95.7 Å². The van der Waals surface area contributed by atoms with Gasteiger partial charge in [-0.05, 0) is 44.2 Å². The lowest BCUT2D eigenvalue weighted by molar-refractivity contribution is -0.384. The van der Waals surface area contributed by atoms with Crippen LogP contribution in [0.1, 0.15) is 110 Å². The van der Waals surface area contributed by atoms with Crippen molar-refractivity contribution >= 4 is 17.6 Å². The van der Waals surface area contributed by atoms with Crippen molar-refractivity contribution in [1.82, 2.24) is 0 Å². The Labute approximate surface area is 203 Å². The number of nitro groups is 1. The smallest absolute Gasteiger partial charge is 0.314 e. The van der Waals surface area contributed by atoms with Crippen LogP contribution in [0.5, 0.6) is 5.75 Å². The third-order valence-corrected chi connectivity index (χ3v) is 6.56. The van der Waals surface area contributed by atoms with E-state index >= 15 is 0 Å². The number of unbranched alkanes of at least 4 members (excludes halogenated alkanes) is 10. The fraction of sp³-hybridized carbons (Fsp3) is 0.704. The zero-order valence-electron chi connectivity index (χ0n) is 20.7. The molecule has 1 aliphatic rings. The second-order valence-corrected chi connectivity index (χ2v) is 9.42. The third-order valence-electron chi connectivity index (χ3n) is 6.56. The van der Waals surface area contributed by atoms with Crippen molar-refractivity contribution in [2.45, 2.75) is 116 Å². The number of ether oxygens (including phenoxy) is 2. The summed E-state index contributed by atoms with van der Waals surface area (Å²) in [4.78, 5) is 34.7. The second kappa shape index (κ2) is 16.2. The Kier molecular flexibility index (Phi) is 13.3. The predicted molar refractivity (Wildman–Crippen MR) is 132 cm³/mol. The van der Waals surface area contributed by atoms with Gasteiger partial charge >= 0.3 is 11.9 Å². The van der Waals surface area contributed by atoms with Crippen molar-refractivity contribution in [3.63, 3.8) is 0 Å². The first-order chi connectivity index (χ1) is 16.5. The Morgan fingerprint density at radius 1 is 0.853 bits per heavy atom. The largest absolute Gasteiger partial charge is 0.462 e. The van der Waals surface area contributed by atoms with Gasteiger partial charge in [0.15, 0.2) is 0 Å². The van der Waals surface area contributed by atoms with Crippen LogP contribution in [0.2, 0.25) is 0 Å². The fourth-order valence-corrected chi connectivity index (χ4v) is 4.43. The molecule has 0 unspecified atom stereocenters. The number of carbonyl (C=O) groups is 2. The van der Waals surface area contributed by atoms with E-state index in [9.17, 15) is 19.7 Å². The van der Waals surface area contributed by atoms with Gasteiger partial charge in [0.25, 0.3) is 5.69 Å². The molecule has 1 aliphatic carbocycles. The van der Waals surface area contributed by atoms with Crippen LogP contribution in [0.25, 0.3) is 0 Å². The molecule has 7 nitrogen and oxygen atoms in total. The molecule has 1 aromatic carbocycles. The number of carbonyl (C=O) groups excluding carboxylic acids is 2. The zero-order valence-corrected chi connectivity index (χ0v) is 20.7. The molecule has 0 heterocycles. The molecule has 7 heteroatoms. The molecule has 0 aromatic heterocycles. The van der Waals surface area contributed by atoms with E-state index in [1.165, 1.54) is 82.1 Å². The van der Waals surface area contributed by atoms with Gasteiger partial charge in [-0.15, -0.1) is 0 Å². The molecule has 1 saturated carbocycles. The lowest BCUT2D eigenvalue weighted by Gasteiger charge is -2.27. The van der Waals surface area contributed by atoms with Crippen molar-refractivity contribution in [1.29, 1.82) is 0 Å². The number of benzene rings is 1. The highest BCUT2D eigenvalue weighted by Crippen LogP contribution is 2.29. The van der Waals surface area contributed by atoms with Gasteiger partial charge < -0.3 is 9.47 Å². The van der Waals surface area contributed by atoms with E-state index < -0.39 is 4.92 Å². The Hall–Kier alpha value is -2.44. The van der Waals surface area contributed by atoms with Crippen molar-refractivity contribution in [3.05, 3.63) is 34.4 Å². The quantitative estimate of drug-likeness (QED) is 0.0818. The van der Waals surface area contributed by atoms with Crippen LogP contribution in [0, 0.1) is 16.0 Å². The number of non-ortho nitro benzene ring substituents is 1. The van der Waals surface area contributed by atoms with E-state index in [1.807, 2.05) is 0 Å². The first-order valence-corrected chi connectivity index (χ1v) is 13.1. The van der Waals surface area contributed by atoms with Crippen LogP contribution in [-0.4, -0.2) is 23.0 Å². The van der Waals surface area contributed by atoms with Crippen LogP contribution in [0.3, 0.4) is 0 Å². The van der Waals surface area contributed by atoms with Gasteiger partial charge in [0, 0.05) is 18.6 Å². The van der Waals surface area contributed by atoms with E-state index in [0.717, 1.165) is 12.8 Å². The van der Waals surface area contributed by atoms with Crippen LogP contribution in [0.15, 0.2) is 24.3 Å². The minimum absolute atomic E-state index is 0.0460. The maximum Gasteiger partial charge on any atom is 0.314 e. The van der Waals surface area contributed by atoms with Gasteiger partial charge in [-0.1, -0.05) is 71.1 Å². The highest BCUT2D eigenvalue weighted by Gasteiger charge is 2.29.